The number of amides is 2. The largest absolute Gasteiger partial charge is 0.444 e. The number of primary amides is 1. The van der Waals surface area contributed by atoms with Crippen molar-refractivity contribution in [2.45, 2.75) is 70.2 Å². The molecule has 0 spiro atoms. The summed E-state index contributed by atoms with van der Waals surface area (Å²) in [5.41, 5.74) is 8.41. The summed E-state index contributed by atoms with van der Waals surface area (Å²) in [6, 6.07) is 9.75. The Kier molecular flexibility index (Phi) is 7.56. The Hall–Kier alpha value is -2.16. The summed E-state index contributed by atoms with van der Waals surface area (Å²) in [6.45, 7) is 7.81. The molecule has 2 aliphatic heterocycles. The van der Waals surface area contributed by atoms with Crippen LogP contribution in [0.5, 0.6) is 0 Å². The highest BCUT2D eigenvalue weighted by Crippen LogP contribution is 2.40. The van der Waals surface area contributed by atoms with Crippen molar-refractivity contribution in [1.82, 2.24) is 15.7 Å². The number of nitrogens with zero attached hydrogens (tertiary/aromatic N) is 1. The molecule has 2 aliphatic rings. The summed E-state index contributed by atoms with van der Waals surface area (Å²) in [4.78, 5) is 33.4. The summed E-state index contributed by atoms with van der Waals surface area (Å²) < 4.78 is 5.69. The number of rotatable bonds is 6. The lowest BCUT2D eigenvalue weighted by Crippen LogP contribution is -2.70. The molecule has 8 heteroatoms. The predicted molar refractivity (Wildman–Crippen MR) is 118 cm³/mol. The maximum absolute atomic E-state index is 13.2. The van der Waals surface area contributed by atoms with Gasteiger partial charge in [-0.2, -0.15) is 5.48 Å². The molecule has 2 amide bonds. The van der Waals surface area contributed by atoms with E-state index in [-0.39, 0.29) is 12.0 Å². The normalized spacial score (nSPS) is 25.3. The van der Waals surface area contributed by atoms with Gasteiger partial charge in [-0.1, -0.05) is 30.3 Å². The van der Waals surface area contributed by atoms with Crippen molar-refractivity contribution in [1.29, 1.82) is 0 Å². The summed E-state index contributed by atoms with van der Waals surface area (Å²) in [5.74, 6) is -0.445. The van der Waals surface area contributed by atoms with Crippen LogP contribution < -0.4 is 16.5 Å². The average molecular weight is 433 g/mol. The second-order valence-electron chi connectivity index (χ2n) is 9.53. The van der Waals surface area contributed by atoms with Gasteiger partial charge in [0.1, 0.15) is 11.1 Å². The summed E-state index contributed by atoms with van der Waals surface area (Å²) in [6.07, 6.45) is 2.26. The fraction of sp³-hybridized carbons (Fsp3) is 0.652. The van der Waals surface area contributed by atoms with Crippen LogP contribution in [0.15, 0.2) is 30.3 Å². The third kappa shape index (κ3) is 5.75. The minimum Gasteiger partial charge on any atom is -0.444 e. The molecule has 8 nitrogen and oxygen atoms in total. The van der Waals surface area contributed by atoms with Crippen molar-refractivity contribution < 1.29 is 19.2 Å². The van der Waals surface area contributed by atoms with Gasteiger partial charge in [0, 0.05) is 6.54 Å². The van der Waals surface area contributed by atoms with Gasteiger partial charge >= 0.3 is 6.09 Å². The lowest BCUT2D eigenvalue weighted by Gasteiger charge is -2.52. The highest BCUT2D eigenvalue weighted by Gasteiger charge is 2.54. The van der Waals surface area contributed by atoms with Crippen LogP contribution in [0.1, 0.15) is 52.0 Å². The molecule has 2 heterocycles. The molecule has 31 heavy (non-hydrogen) atoms. The van der Waals surface area contributed by atoms with E-state index in [0.717, 1.165) is 31.5 Å². The lowest BCUT2D eigenvalue weighted by molar-refractivity contribution is -0.141. The van der Waals surface area contributed by atoms with E-state index in [2.05, 4.69) is 10.8 Å². The number of benzene rings is 1. The van der Waals surface area contributed by atoms with Crippen LogP contribution in [0.2, 0.25) is 0 Å². The molecule has 0 saturated carbocycles. The Morgan fingerprint density at radius 3 is 2.48 bits per heavy atom. The predicted octanol–water partition coefficient (Wildman–Crippen LogP) is 2.33. The number of likely N-dealkylation sites (tertiary alicyclic amines) is 1. The van der Waals surface area contributed by atoms with Crippen molar-refractivity contribution in [2.75, 3.05) is 19.6 Å². The molecule has 0 unspecified atom stereocenters. The smallest absolute Gasteiger partial charge is 0.411 e. The number of hydrogen-bond acceptors (Lipinski definition) is 6. The average Bonchev–Trinajstić information content (AvgIpc) is 2.73. The van der Waals surface area contributed by atoms with Crippen LogP contribution in [0.3, 0.4) is 0 Å². The summed E-state index contributed by atoms with van der Waals surface area (Å²) in [5, 5.41) is 3.33. The van der Waals surface area contributed by atoms with Crippen LogP contribution in [-0.2, 0) is 21.0 Å². The third-order valence-corrected chi connectivity index (χ3v) is 6.15. The third-order valence-electron chi connectivity index (χ3n) is 6.15. The van der Waals surface area contributed by atoms with E-state index in [1.807, 2.05) is 51.1 Å². The van der Waals surface area contributed by atoms with Gasteiger partial charge in [0.2, 0.25) is 5.91 Å². The van der Waals surface area contributed by atoms with Gasteiger partial charge in [0.25, 0.3) is 0 Å². The Morgan fingerprint density at radius 1 is 1.19 bits per heavy atom. The molecule has 3 rings (SSSR count). The maximum Gasteiger partial charge on any atom is 0.411 e. The highest BCUT2D eigenvalue weighted by atomic mass is 16.6. The number of hydroxylamine groups is 1. The molecule has 4 N–H and O–H groups in total. The van der Waals surface area contributed by atoms with E-state index in [0.29, 0.717) is 26.0 Å². The fourth-order valence-electron chi connectivity index (χ4n) is 4.65. The quantitative estimate of drug-likeness (QED) is 0.596. The second-order valence-corrected chi connectivity index (χ2v) is 9.53. The standard InChI is InChI=1S/C23H36N4O4/c1-22(2,3)31-21(29)27-15-19(26-30-16-17-7-5-4-6-8-17)9-12-23(27,20(24)28)18-10-13-25-14-11-18/h4-8,18-19,25-26H,9-16H2,1-3H3,(H2,24,28)/t19-,23+/m1/s1. The van der Waals surface area contributed by atoms with E-state index in [4.69, 9.17) is 15.3 Å². The Morgan fingerprint density at radius 2 is 1.87 bits per heavy atom. The summed E-state index contributed by atoms with van der Waals surface area (Å²) >= 11 is 0. The molecule has 1 aromatic rings. The molecule has 0 aliphatic carbocycles. The number of piperidine rings is 2. The first-order valence-electron chi connectivity index (χ1n) is 11.1. The molecular weight excluding hydrogens is 396 g/mol. The topological polar surface area (TPSA) is 106 Å². The maximum atomic E-state index is 13.2. The van der Waals surface area contributed by atoms with Gasteiger partial charge in [0.15, 0.2) is 0 Å². The zero-order valence-corrected chi connectivity index (χ0v) is 18.9. The minimum absolute atomic E-state index is 0.00459. The number of nitrogens with two attached hydrogens (primary N) is 1. The van der Waals surface area contributed by atoms with Crippen molar-refractivity contribution in [2.24, 2.45) is 11.7 Å². The molecular formula is C23H36N4O4. The number of ether oxygens (including phenoxy) is 1. The Bertz CT molecular complexity index is 746. The fourth-order valence-corrected chi connectivity index (χ4v) is 4.65. The van der Waals surface area contributed by atoms with Crippen molar-refractivity contribution in [3.63, 3.8) is 0 Å². The van der Waals surface area contributed by atoms with Crippen LogP contribution in [0.4, 0.5) is 4.79 Å². The lowest BCUT2D eigenvalue weighted by atomic mass is 9.71. The summed E-state index contributed by atoms with van der Waals surface area (Å²) in [7, 11) is 0. The molecule has 0 bridgehead atoms. The van der Waals surface area contributed by atoms with E-state index in [1.165, 1.54) is 0 Å². The van der Waals surface area contributed by atoms with Gasteiger partial charge in [-0.25, -0.2) is 4.79 Å². The Labute approximate surface area is 184 Å². The first-order chi connectivity index (χ1) is 14.7. The Balaban J connectivity index is 1.76. The molecule has 2 saturated heterocycles. The second kappa shape index (κ2) is 9.97. The highest BCUT2D eigenvalue weighted by molar-refractivity contribution is 5.89. The van der Waals surface area contributed by atoms with E-state index in [9.17, 15) is 9.59 Å². The van der Waals surface area contributed by atoms with Crippen LogP contribution in [0, 0.1) is 5.92 Å². The molecule has 2 fully saturated rings. The zero-order chi connectivity index (χ0) is 22.5. The van der Waals surface area contributed by atoms with E-state index in [1.54, 1.807) is 4.90 Å². The van der Waals surface area contributed by atoms with Crippen molar-refractivity contribution >= 4 is 12.0 Å². The van der Waals surface area contributed by atoms with Crippen molar-refractivity contribution in [3.8, 4) is 0 Å². The van der Waals surface area contributed by atoms with Crippen LogP contribution in [0.25, 0.3) is 0 Å². The van der Waals surface area contributed by atoms with Gasteiger partial charge in [0.05, 0.1) is 12.6 Å². The first-order valence-corrected chi connectivity index (χ1v) is 11.1. The first kappa shape index (κ1) is 23.5. The van der Waals surface area contributed by atoms with Crippen LogP contribution >= 0.6 is 0 Å². The SMILES string of the molecule is CC(C)(C)OC(=O)N1C[C@H](NOCc2ccccc2)CC[C@@]1(C(N)=O)C1CCNCC1. The molecule has 1 aromatic carbocycles. The number of carbonyl (C=O) groups is 2. The van der Waals surface area contributed by atoms with Gasteiger partial charge in [-0.05, 0) is 71.0 Å². The van der Waals surface area contributed by atoms with Crippen LogP contribution in [-0.4, -0.2) is 53.7 Å². The molecule has 0 radical (unpaired) electrons. The monoisotopic (exact) mass is 432 g/mol. The molecule has 172 valence electrons. The van der Waals surface area contributed by atoms with Gasteiger partial charge < -0.3 is 15.8 Å². The van der Waals surface area contributed by atoms with E-state index >= 15 is 0 Å². The van der Waals surface area contributed by atoms with Gasteiger partial charge in [-0.15, -0.1) is 0 Å². The number of hydrogen-bond donors (Lipinski definition) is 3. The van der Waals surface area contributed by atoms with Crippen molar-refractivity contribution in [3.05, 3.63) is 35.9 Å². The minimum atomic E-state index is -1.04. The zero-order valence-electron chi connectivity index (χ0n) is 18.9. The molecule has 0 aromatic heterocycles. The number of nitrogens with one attached hydrogen (secondary N) is 2. The van der Waals surface area contributed by atoms with Gasteiger partial charge in [-0.3, -0.25) is 14.5 Å². The number of carbonyl (C=O) groups excluding carboxylic acids is 2. The molecule has 2 atom stereocenters. The van der Waals surface area contributed by atoms with E-state index < -0.39 is 23.1 Å².